The van der Waals surface area contributed by atoms with Crippen LogP contribution in [0.25, 0.3) is 10.8 Å². The van der Waals surface area contributed by atoms with Crippen molar-refractivity contribution in [1.29, 1.82) is 0 Å². The Labute approximate surface area is 114 Å². The quantitative estimate of drug-likeness (QED) is 0.863. The smallest absolute Gasteiger partial charge is 0.258 e. The summed E-state index contributed by atoms with van der Waals surface area (Å²) >= 11 is 0. The molecule has 1 aromatic heterocycles. The lowest BCUT2D eigenvalue weighted by atomic mass is 9.96. The molecule has 1 N–H and O–H groups in total. The minimum Gasteiger partial charge on any atom is -0.373 e. The molecule has 2 aromatic rings. The average molecular weight is 280 g/mol. The maximum Gasteiger partial charge on any atom is 0.258 e. The Balaban J connectivity index is 2.48. The molecule has 3 rings (SSSR count). The minimum absolute atomic E-state index is 0.155. The molecule has 0 amide bonds. The summed E-state index contributed by atoms with van der Waals surface area (Å²) in [6.07, 6.45) is 0. The van der Waals surface area contributed by atoms with Crippen molar-refractivity contribution in [3.63, 3.8) is 0 Å². The SMILES string of the molecule is CNC1COCc2c1c1cc(F)c(F)cc1c(=O)n2C. The molecule has 0 fully saturated rings. The number of hydrogen-bond acceptors (Lipinski definition) is 3. The van der Waals surface area contributed by atoms with Gasteiger partial charge in [-0.1, -0.05) is 0 Å². The number of hydrogen-bond donors (Lipinski definition) is 1. The van der Waals surface area contributed by atoms with Gasteiger partial charge in [0.2, 0.25) is 0 Å². The summed E-state index contributed by atoms with van der Waals surface area (Å²) in [7, 11) is 3.38. The van der Waals surface area contributed by atoms with Gasteiger partial charge in [0.15, 0.2) is 11.6 Å². The lowest BCUT2D eigenvalue weighted by Crippen LogP contribution is -2.33. The number of aromatic nitrogens is 1. The van der Waals surface area contributed by atoms with Gasteiger partial charge in [0.05, 0.1) is 30.3 Å². The molecule has 6 heteroatoms. The second-order valence-corrected chi connectivity index (χ2v) is 4.89. The van der Waals surface area contributed by atoms with E-state index < -0.39 is 11.6 Å². The number of rotatable bonds is 1. The highest BCUT2D eigenvalue weighted by Gasteiger charge is 2.26. The Morgan fingerprint density at radius 3 is 2.60 bits per heavy atom. The van der Waals surface area contributed by atoms with E-state index in [9.17, 15) is 13.6 Å². The molecule has 1 aliphatic heterocycles. The van der Waals surface area contributed by atoms with Crippen molar-refractivity contribution in [1.82, 2.24) is 9.88 Å². The van der Waals surface area contributed by atoms with Crippen molar-refractivity contribution in [2.24, 2.45) is 7.05 Å². The van der Waals surface area contributed by atoms with Crippen LogP contribution in [0, 0.1) is 11.6 Å². The van der Waals surface area contributed by atoms with Gasteiger partial charge >= 0.3 is 0 Å². The first-order chi connectivity index (χ1) is 9.54. The predicted octanol–water partition coefficient (Wildman–Crippen LogP) is 1.61. The van der Waals surface area contributed by atoms with Crippen LogP contribution in [0.2, 0.25) is 0 Å². The number of ether oxygens (including phenoxy) is 1. The molecule has 0 bridgehead atoms. The largest absolute Gasteiger partial charge is 0.373 e. The summed E-state index contributed by atoms with van der Waals surface area (Å²) in [6, 6.07) is 1.91. The van der Waals surface area contributed by atoms with Gasteiger partial charge < -0.3 is 14.6 Å². The van der Waals surface area contributed by atoms with Gasteiger partial charge in [0, 0.05) is 12.6 Å². The Morgan fingerprint density at radius 2 is 1.95 bits per heavy atom. The van der Waals surface area contributed by atoms with Crippen molar-refractivity contribution in [3.05, 3.63) is 45.4 Å². The molecule has 2 heterocycles. The van der Waals surface area contributed by atoms with Gasteiger partial charge in [-0.05, 0) is 24.6 Å². The van der Waals surface area contributed by atoms with Gasteiger partial charge in [-0.2, -0.15) is 0 Å². The molecule has 1 atom stereocenters. The van der Waals surface area contributed by atoms with Gasteiger partial charge in [-0.3, -0.25) is 4.79 Å². The van der Waals surface area contributed by atoms with E-state index in [1.54, 1.807) is 14.1 Å². The minimum atomic E-state index is -1.01. The highest BCUT2D eigenvalue weighted by molar-refractivity contribution is 5.86. The molecule has 1 aliphatic rings. The normalized spacial score (nSPS) is 18.3. The first-order valence-corrected chi connectivity index (χ1v) is 6.30. The van der Waals surface area contributed by atoms with E-state index in [-0.39, 0.29) is 23.6 Å². The standard InChI is InChI=1S/C14H14F2N2O2/c1-17-11-5-20-6-12-13(11)7-3-9(15)10(16)4-8(7)14(19)18(12)2/h3-4,11,17H,5-6H2,1-2H3. The van der Waals surface area contributed by atoms with Gasteiger partial charge in [0.1, 0.15) is 0 Å². The van der Waals surface area contributed by atoms with Crippen LogP contribution < -0.4 is 10.9 Å². The highest BCUT2D eigenvalue weighted by atomic mass is 19.2. The predicted molar refractivity (Wildman–Crippen MR) is 70.6 cm³/mol. The third-order valence-corrected chi connectivity index (χ3v) is 3.82. The number of fused-ring (bicyclic) bond motifs is 3. The van der Waals surface area contributed by atoms with Gasteiger partial charge in [-0.15, -0.1) is 0 Å². The van der Waals surface area contributed by atoms with E-state index in [1.165, 1.54) is 4.57 Å². The Kier molecular flexibility index (Phi) is 3.07. The summed E-state index contributed by atoms with van der Waals surface area (Å²) in [6.45, 7) is 0.712. The Hall–Kier alpha value is -1.79. The first-order valence-electron chi connectivity index (χ1n) is 6.30. The fourth-order valence-electron chi connectivity index (χ4n) is 2.73. The highest BCUT2D eigenvalue weighted by Crippen LogP contribution is 2.31. The van der Waals surface area contributed by atoms with Crippen LogP contribution in [0.3, 0.4) is 0 Å². The number of halogens is 2. The monoisotopic (exact) mass is 280 g/mol. The molecule has 0 radical (unpaired) electrons. The topological polar surface area (TPSA) is 43.3 Å². The first kappa shape index (κ1) is 13.2. The van der Waals surface area contributed by atoms with Crippen molar-refractivity contribution in [2.45, 2.75) is 12.6 Å². The Bertz CT molecular complexity index is 755. The van der Waals surface area contributed by atoms with E-state index in [0.29, 0.717) is 17.7 Å². The molecule has 106 valence electrons. The van der Waals surface area contributed by atoms with Crippen molar-refractivity contribution < 1.29 is 13.5 Å². The fraction of sp³-hybridized carbons (Fsp3) is 0.357. The van der Waals surface area contributed by atoms with Crippen molar-refractivity contribution in [3.8, 4) is 0 Å². The van der Waals surface area contributed by atoms with E-state index in [4.69, 9.17) is 4.74 Å². The van der Waals surface area contributed by atoms with Crippen molar-refractivity contribution in [2.75, 3.05) is 13.7 Å². The molecule has 0 saturated heterocycles. The summed E-state index contributed by atoms with van der Waals surface area (Å²) in [5.41, 5.74) is 1.15. The second-order valence-electron chi connectivity index (χ2n) is 4.89. The summed E-state index contributed by atoms with van der Waals surface area (Å²) < 4.78 is 33.8. The molecule has 4 nitrogen and oxygen atoms in total. The zero-order valence-electron chi connectivity index (χ0n) is 11.2. The van der Waals surface area contributed by atoms with Crippen LogP contribution in [0.4, 0.5) is 8.78 Å². The van der Waals surface area contributed by atoms with E-state index in [1.807, 2.05) is 0 Å². The van der Waals surface area contributed by atoms with Crippen LogP contribution in [-0.4, -0.2) is 18.2 Å². The Morgan fingerprint density at radius 1 is 1.30 bits per heavy atom. The fourth-order valence-corrected chi connectivity index (χ4v) is 2.73. The third kappa shape index (κ3) is 1.76. The van der Waals surface area contributed by atoms with Crippen LogP contribution in [0.1, 0.15) is 17.3 Å². The summed E-state index contributed by atoms with van der Waals surface area (Å²) in [5, 5.41) is 3.71. The number of nitrogens with one attached hydrogen (secondary N) is 1. The summed E-state index contributed by atoms with van der Waals surface area (Å²) in [4.78, 5) is 12.3. The number of likely N-dealkylation sites (N-methyl/N-ethyl adjacent to an activating group) is 1. The van der Waals surface area contributed by atoms with Crippen molar-refractivity contribution >= 4 is 10.8 Å². The van der Waals surface area contributed by atoms with Crippen LogP contribution in [0.5, 0.6) is 0 Å². The molecular formula is C14H14F2N2O2. The van der Waals surface area contributed by atoms with E-state index in [0.717, 1.165) is 17.7 Å². The second kappa shape index (κ2) is 4.64. The number of pyridine rings is 1. The van der Waals surface area contributed by atoms with Gasteiger partial charge in [-0.25, -0.2) is 8.78 Å². The summed E-state index contributed by atoms with van der Waals surface area (Å²) in [5.74, 6) is -1.96. The lowest BCUT2D eigenvalue weighted by molar-refractivity contribution is 0.0792. The van der Waals surface area contributed by atoms with Crippen LogP contribution in [0.15, 0.2) is 16.9 Å². The van der Waals surface area contributed by atoms with E-state index >= 15 is 0 Å². The molecular weight excluding hydrogens is 266 g/mol. The molecule has 0 spiro atoms. The third-order valence-electron chi connectivity index (χ3n) is 3.82. The molecule has 0 saturated carbocycles. The zero-order chi connectivity index (χ0) is 14.4. The average Bonchev–Trinajstić information content (AvgIpc) is 2.46. The maximum atomic E-state index is 13.5. The zero-order valence-corrected chi connectivity index (χ0v) is 11.2. The lowest BCUT2D eigenvalue weighted by Gasteiger charge is -2.28. The number of nitrogens with zero attached hydrogens (tertiary/aromatic N) is 1. The van der Waals surface area contributed by atoms with Crippen LogP contribution >= 0.6 is 0 Å². The number of benzene rings is 1. The molecule has 1 aromatic carbocycles. The van der Waals surface area contributed by atoms with Crippen LogP contribution in [-0.2, 0) is 18.4 Å². The molecule has 1 unspecified atom stereocenters. The maximum absolute atomic E-state index is 13.5. The molecule has 0 aliphatic carbocycles. The van der Waals surface area contributed by atoms with E-state index in [2.05, 4.69) is 5.32 Å². The van der Waals surface area contributed by atoms with Gasteiger partial charge in [0.25, 0.3) is 5.56 Å². The molecule has 20 heavy (non-hydrogen) atoms.